The second kappa shape index (κ2) is 8.76. The molecule has 0 radical (unpaired) electrons. The average molecular weight is 418 g/mol. The van der Waals surface area contributed by atoms with Gasteiger partial charge in [0.1, 0.15) is 23.4 Å². The number of ether oxygens (including phenoxy) is 1. The number of rotatable bonds is 7. The fourth-order valence-electron chi connectivity index (χ4n) is 3.04. The maximum absolute atomic E-state index is 13.1. The summed E-state index contributed by atoms with van der Waals surface area (Å²) in [5.41, 5.74) is 7.40. The van der Waals surface area contributed by atoms with Crippen LogP contribution in [0.4, 0.5) is 10.3 Å². The Morgan fingerprint density at radius 3 is 2.29 bits per heavy atom. The molecule has 1 amide bonds. The summed E-state index contributed by atoms with van der Waals surface area (Å²) in [5.74, 6) is 0.250. The van der Waals surface area contributed by atoms with Crippen molar-refractivity contribution < 1.29 is 19.0 Å². The number of carbonyl (C=O) groups excluding carboxylic acids is 1. The molecule has 0 spiro atoms. The van der Waals surface area contributed by atoms with Crippen LogP contribution in [-0.4, -0.2) is 33.6 Å². The Bertz CT molecular complexity index is 1210. The fraction of sp³-hybridized carbons (Fsp3) is 0.0870. The van der Waals surface area contributed by atoms with Gasteiger partial charge in [0.15, 0.2) is 0 Å². The number of aliphatic hydroxyl groups is 1. The maximum Gasteiger partial charge on any atom is 0.242 e. The molecule has 31 heavy (non-hydrogen) atoms. The van der Waals surface area contributed by atoms with Crippen molar-refractivity contribution in [3.05, 3.63) is 78.6 Å². The molecule has 7 nitrogen and oxygen atoms in total. The van der Waals surface area contributed by atoms with Gasteiger partial charge in [-0.3, -0.25) is 4.79 Å². The number of hydrogen-bond donors (Lipinski definition) is 3. The number of hydrogen-bond acceptors (Lipinski definition) is 6. The van der Waals surface area contributed by atoms with Gasteiger partial charge in [0.05, 0.1) is 17.8 Å². The Hall–Kier alpha value is -4.04. The fourth-order valence-corrected chi connectivity index (χ4v) is 3.04. The number of carbonyl (C=O) groups is 1. The number of primary amides is 1. The number of aliphatic hydroxyl groups excluding tert-OH is 1. The normalized spacial score (nSPS) is 11.8. The highest BCUT2D eigenvalue weighted by Crippen LogP contribution is 2.30. The summed E-state index contributed by atoms with van der Waals surface area (Å²) in [7, 11) is 0. The Balaban J connectivity index is 1.67. The van der Waals surface area contributed by atoms with Gasteiger partial charge in [0.25, 0.3) is 0 Å². The van der Waals surface area contributed by atoms with Gasteiger partial charge < -0.3 is 20.9 Å². The van der Waals surface area contributed by atoms with Crippen LogP contribution in [0.25, 0.3) is 22.2 Å². The van der Waals surface area contributed by atoms with Gasteiger partial charge in [-0.15, -0.1) is 0 Å². The minimum atomic E-state index is -1.000. The second-order valence-electron chi connectivity index (χ2n) is 6.78. The van der Waals surface area contributed by atoms with Crippen molar-refractivity contribution in [3.63, 3.8) is 0 Å². The van der Waals surface area contributed by atoms with E-state index in [0.717, 1.165) is 10.9 Å². The average Bonchev–Trinajstić information content (AvgIpc) is 2.79. The first kappa shape index (κ1) is 20.2. The van der Waals surface area contributed by atoms with E-state index in [1.165, 1.54) is 12.1 Å². The van der Waals surface area contributed by atoms with Crippen LogP contribution in [0.15, 0.2) is 72.8 Å². The first-order valence-electron chi connectivity index (χ1n) is 9.51. The molecule has 4 rings (SSSR count). The van der Waals surface area contributed by atoms with Crippen LogP contribution >= 0.6 is 0 Å². The van der Waals surface area contributed by atoms with Crippen LogP contribution in [-0.2, 0) is 4.79 Å². The zero-order chi connectivity index (χ0) is 21.8. The smallest absolute Gasteiger partial charge is 0.242 e. The van der Waals surface area contributed by atoms with Crippen LogP contribution in [0.5, 0.6) is 11.5 Å². The van der Waals surface area contributed by atoms with Gasteiger partial charge in [-0.25, -0.2) is 14.4 Å². The number of nitrogens with two attached hydrogens (primary N) is 1. The molecule has 8 heteroatoms. The molecule has 0 fully saturated rings. The monoisotopic (exact) mass is 418 g/mol. The lowest BCUT2D eigenvalue weighted by Crippen LogP contribution is -2.38. The lowest BCUT2D eigenvalue weighted by molar-refractivity contribution is -0.119. The summed E-state index contributed by atoms with van der Waals surface area (Å²) in [4.78, 5) is 20.4. The molecule has 156 valence electrons. The molecular formula is C23H19FN4O3. The molecule has 0 aliphatic carbocycles. The summed E-state index contributed by atoms with van der Waals surface area (Å²) >= 11 is 0. The lowest BCUT2D eigenvalue weighted by atomic mass is 10.1. The van der Waals surface area contributed by atoms with E-state index in [4.69, 9.17) is 10.5 Å². The topological polar surface area (TPSA) is 110 Å². The van der Waals surface area contributed by atoms with E-state index < -0.39 is 18.6 Å². The molecule has 0 saturated carbocycles. The van der Waals surface area contributed by atoms with Crippen LogP contribution in [0.3, 0.4) is 0 Å². The van der Waals surface area contributed by atoms with Crippen molar-refractivity contribution in [2.45, 2.75) is 6.04 Å². The predicted octanol–water partition coefficient (Wildman–Crippen LogP) is 3.49. The molecule has 1 heterocycles. The second-order valence-corrected chi connectivity index (χ2v) is 6.78. The standard InChI is InChI=1S/C23H19FN4O3/c24-15-7-11-17(12-8-15)31-16-9-5-14(6-10-16)21-18-3-1-2-4-19(18)26-23(28-21)27-20(13-29)22(25)30/h1-12,20,29H,13H2,(H2,25,30)(H,26,27,28)/t20-/m0/s1. The van der Waals surface area contributed by atoms with Gasteiger partial charge in [-0.1, -0.05) is 18.2 Å². The highest BCUT2D eigenvalue weighted by Gasteiger charge is 2.17. The summed E-state index contributed by atoms with van der Waals surface area (Å²) in [6.07, 6.45) is 0. The predicted molar refractivity (Wildman–Crippen MR) is 115 cm³/mol. The largest absolute Gasteiger partial charge is 0.457 e. The minimum Gasteiger partial charge on any atom is -0.457 e. The number of nitrogens with zero attached hydrogens (tertiary/aromatic N) is 2. The van der Waals surface area contributed by atoms with Crippen molar-refractivity contribution in [2.24, 2.45) is 5.73 Å². The van der Waals surface area contributed by atoms with Crippen molar-refractivity contribution in [1.82, 2.24) is 9.97 Å². The van der Waals surface area contributed by atoms with Crippen molar-refractivity contribution in [1.29, 1.82) is 0 Å². The molecule has 0 unspecified atom stereocenters. The summed E-state index contributed by atoms with van der Waals surface area (Å²) in [5, 5.41) is 13.0. The van der Waals surface area contributed by atoms with Gasteiger partial charge in [-0.2, -0.15) is 0 Å². The van der Waals surface area contributed by atoms with E-state index >= 15 is 0 Å². The molecule has 3 aromatic carbocycles. The number of halogens is 1. The minimum absolute atomic E-state index is 0.179. The van der Waals surface area contributed by atoms with Gasteiger partial charge in [0.2, 0.25) is 11.9 Å². The first-order valence-corrected chi connectivity index (χ1v) is 9.51. The zero-order valence-electron chi connectivity index (χ0n) is 16.3. The number of amides is 1. The number of nitrogens with one attached hydrogen (secondary N) is 1. The number of aromatic nitrogens is 2. The van der Waals surface area contributed by atoms with Crippen LogP contribution < -0.4 is 15.8 Å². The van der Waals surface area contributed by atoms with E-state index in [-0.39, 0.29) is 11.8 Å². The SMILES string of the molecule is NC(=O)[C@H](CO)Nc1nc(-c2ccc(Oc3ccc(F)cc3)cc2)c2ccccc2n1. The van der Waals surface area contributed by atoms with Gasteiger partial charge in [-0.05, 0) is 54.6 Å². The van der Waals surface area contributed by atoms with Crippen LogP contribution in [0.2, 0.25) is 0 Å². The third-order valence-corrected chi connectivity index (χ3v) is 4.61. The van der Waals surface area contributed by atoms with Crippen molar-refractivity contribution >= 4 is 22.8 Å². The number of benzene rings is 3. The Morgan fingerprint density at radius 2 is 1.65 bits per heavy atom. The first-order chi connectivity index (χ1) is 15.0. The zero-order valence-corrected chi connectivity index (χ0v) is 16.3. The van der Waals surface area contributed by atoms with Gasteiger partial charge >= 0.3 is 0 Å². The summed E-state index contributed by atoms with van der Waals surface area (Å²) in [6.45, 7) is -0.476. The molecule has 1 atom stereocenters. The maximum atomic E-state index is 13.1. The number of anilines is 1. The highest BCUT2D eigenvalue weighted by molar-refractivity contribution is 5.93. The lowest BCUT2D eigenvalue weighted by Gasteiger charge is -2.15. The van der Waals surface area contributed by atoms with Crippen molar-refractivity contribution in [3.8, 4) is 22.8 Å². The van der Waals surface area contributed by atoms with Gasteiger partial charge in [0, 0.05) is 10.9 Å². The Kier molecular flexibility index (Phi) is 5.72. The molecule has 4 aromatic rings. The summed E-state index contributed by atoms with van der Waals surface area (Å²) < 4.78 is 18.8. The molecule has 0 saturated heterocycles. The van der Waals surface area contributed by atoms with Crippen LogP contribution in [0, 0.1) is 5.82 Å². The van der Waals surface area contributed by atoms with Crippen LogP contribution in [0.1, 0.15) is 0 Å². The quantitative estimate of drug-likeness (QED) is 0.424. The third kappa shape index (κ3) is 4.59. The number of para-hydroxylation sites is 1. The van der Waals surface area contributed by atoms with E-state index in [1.807, 2.05) is 36.4 Å². The Morgan fingerprint density at radius 1 is 1.00 bits per heavy atom. The number of fused-ring (bicyclic) bond motifs is 1. The van der Waals surface area contributed by atoms with E-state index in [0.29, 0.717) is 22.7 Å². The molecule has 0 aliphatic heterocycles. The molecule has 0 aliphatic rings. The summed E-state index contributed by atoms with van der Waals surface area (Å²) in [6, 6.07) is 19.5. The Labute approximate surface area is 177 Å². The van der Waals surface area contributed by atoms with E-state index in [1.54, 1.807) is 24.3 Å². The third-order valence-electron chi connectivity index (χ3n) is 4.61. The van der Waals surface area contributed by atoms with Crippen molar-refractivity contribution in [2.75, 3.05) is 11.9 Å². The molecule has 1 aromatic heterocycles. The molecule has 4 N–H and O–H groups in total. The molecule has 0 bridgehead atoms. The highest BCUT2D eigenvalue weighted by atomic mass is 19.1. The van der Waals surface area contributed by atoms with E-state index in [9.17, 15) is 14.3 Å². The molecular weight excluding hydrogens is 399 g/mol. The van der Waals surface area contributed by atoms with E-state index in [2.05, 4.69) is 15.3 Å².